The smallest absolute Gasteiger partial charge is 0.283 e. The molecule has 28 heavy (non-hydrogen) atoms. The van der Waals surface area contributed by atoms with Gasteiger partial charge in [0.1, 0.15) is 11.6 Å². The largest absolute Gasteiger partial charge is 0.382 e. The molecule has 0 spiro atoms. The molecule has 1 aliphatic rings. The average molecular weight is 404 g/mol. The predicted molar refractivity (Wildman–Crippen MR) is 107 cm³/mol. The maximum absolute atomic E-state index is 12.7. The standard InChI is InChI=1S/C19H25N5O3S/c1-15(21-22-19(25)17(13-20)14-23(2)3)16-7-9-18(10-8-16)28(26,27)24-11-5-4-6-12-24/h7-10,14H,4-6,11-12H2,1-3H3,(H,22,25)/b17-14+,21-15+. The molecule has 1 amide bonds. The van der Waals surface area contributed by atoms with Gasteiger partial charge in [-0.2, -0.15) is 14.7 Å². The number of sulfonamides is 1. The Bertz CT molecular complexity index is 906. The number of nitrogens with one attached hydrogen (secondary N) is 1. The molecular formula is C19H25N5O3S. The molecular weight excluding hydrogens is 378 g/mol. The van der Waals surface area contributed by atoms with Crippen molar-refractivity contribution in [3.63, 3.8) is 0 Å². The van der Waals surface area contributed by atoms with Crippen LogP contribution in [0.4, 0.5) is 0 Å². The minimum absolute atomic E-state index is 0.0653. The van der Waals surface area contributed by atoms with E-state index in [1.807, 2.05) is 6.07 Å². The number of nitriles is 1. The molecule has 0 saturated carbocycles. The predicted octanol–water partition coefficient (Wildman–Crippen LogP) is 1.67. The van der Waals surface area contributed by atoms with Gasteiger partial charge in [-0.15, -0.1) is 0 Å². The van der Waals surface area contributed by atoms with E-state index in [-0.39, 0.29) is 10.5 Å². The molecule has 1 N–H and O–H groups in total. The van der Waals surface area contributed by atoms with Crippen molar-refractivity contribution in [1.82, 2.24) is 14.6 Å². The Balaban J connectivity index is 2.11. The lowest BCUT2D eigenvalue weighted by atomic mass is 10.1. The van der Waals surface area contributed by atoms with Crippen LogP contribution in [0.25, 0.3) is 0 Å². The lowest BCUT2D eigenvalue weighted by molar-refractivity contribution is -0.117. The highest BCUT2D eigenvalue weighted by Crippen LogP contribution is 2.21. The first-order chi connectivity index (χ1) is 13.3. The molecule has 0 bridgehead atoms. The van der Waals surface area contributed by atoms with Crippen molar-refractivity contribution in [2.75, 3.05) is 27.2 Å². The Labute approximate surface area is 166 Å². The third kappa shape index (κ3) is 5.41. The number of carbonyl (C=O) groups is 1. The summed E-state index contributed by atoms with van der Waals surface area (Å²) in [5.74, 6) is -0.611. The van der Waals surface area contributed by atoms with E-state index >= 15 is 0 Å². The molecule has 150 valence electrons. The van der Waals surface area contributed by atoms with Gasteiger partial charge < -0.3 is 4.90 Å². The van der Waals surface area contributed by atoms with Gasteiger partial charge in [-0.05, 0) is 37.5 Å². The second kappa shape index (κ2) is 9.48. The summed E-state index contributed by atoms with van der Waals surface area (Å²) < 4.78 is 26.9. The normalized spacial score (nSPS) is 16.4. The highest BCUT2D eigenvalue weighted by atomic mass is 32.2. The molecule has 0 radical (unpaired) electrons. The van der Waals surface area contributed by atoms with Gasteiger partial charge in [0.2, 0.25) is 10.0 Å². The van der Waals surface area contributed by atoms with Crippen molar-refractivity contribution in [1.29, 1.82) is 5.26 Å². The van der Waals surface area contributed by atoms with Crippen LogP contribution in [0.1, 0.15) is 31.7 Å². The van der Waals surface area contributed by atoms with Crippen LogP contribution >= 0.6 is 0 Å². The molecule has 0 aliphatic carbocycles. The van der Waals surface area contributed by atoms with Gasteiger partial charge in [0, 0.05) is 33.4 Å². The highest BCUT2D eigenvalue weighted by molar-refractivity contribution is 7.89. The van der Waals surface area contributed by atoms with E-state index in [1.165, 1.54) is 10.5 Å². The second-order valence-electron chi connectivity index (χ2n) is 6.75. The number of piperidine rings is 1. The Hall–Kier alpha value is -2.70. The Kier molecular flexibility index (Phi) is 7.31. The molecule has 1 heterocycles. The lowest BCUT2D eigenvalue weighted by Crippen LogP contribution is -2.35. The lowest BCUT2D eigenvalue weighted by Gasteiger charge is -2.25. The van der Waals surface area contributed by atoms with Crippen molar-refractivity contribution in [2.24, 2.45) is 5.10 Å². The van der Waals surface area contributed by atoms with Gasteiger partial charge >= 0.3 is 0 Å². The van der Waals surface area contributed by atoms with Crippen molar-refractivity contribution in [2.45, 2.75) is 31.1 Å². The molecule has 0 aromatic heterocycles. The van der Waals surface area contributed by atoms with Crippen molar-refractivity contribution in [3.8, 4) is 6.07 Å². The fraction of sp³-hybridized carbons (Fsp3) is 0.421. The topological polar surface area (TPSA) is 106 Å². The van der Waals surface area contributed by atoms with E-state index in [9.17, 15) is 13.2 Å². The van der Waals surface area contributed by atoms with Crippen molar-refractivity contribution < 1.29 is 13.2 Å². The van der Waals surface area contributed by atoms with Crippen LogP contribution in [-0.4, -0.2) is 56.4 Å². The first-order valence-corrected chi connectivity index (χ1v) is 10.4. The molecule has 2 rings (SSSR count). The quantitative estimate of drug-likeness (QED) is 0.337. The van der Waals surface area contributed by atoms with Gasteiger partial charge in [-0.3, -0.25) is 4.79 Å². The number of rotatable bonds is 6. The zero-order chi connectivity index (χ0) is 20.7. The number of hydrogen-bond acceptors (Lipinski definition) is 6. The van der Waals surface area contributed by atoms with Crippen molar-refractivity contribution in [3.05, 3.63) is 41.6 Å². The summed E-state index contributed by atoms with van der Waals surface area (Å²) >= 11 is 0. The second-order valence-corrected chi connectivity index (χ2v) is 8.68. The fourth-order valence-electron chi connectivity index (χ4n) is 2.78. The summed E-state index contributed by atoms with van der Waals surface area (Å²) in [7, 11) is -0.0669. The zero-order valence-corrected chi connectivity index (χ0v) is 17.2. The van der Waals surface area contributed by atoms with E-state index in [1.54, 1.807) is 50.2 Å². The monoisotopic (exact) mass is 403 g/mol. The van der Waals surface area contributed by atoms with Crippen LogP contribution in [-0.2, 0) is 14.8 Å². The number of benzene rings is 1. The van der Waals surface area contributed by atoms with Crippen LogP contribution in [0.5, 0.6) is 0 Å². The number of hydrazone groups is 1. The van der Waals surface area contributed by atoms with Gasteiger partial charge in [0.25, 0.3) is 5.91 Å². The summed E-state index contributed by atoms with van der Waals surface area (Å²) in [4.78, 5) is 13.8. The Morgan fingerprint density at radius 1 is 1.21 bits per heavy atom. The van der Waals surface area contributed by atoms with E-state index in [0.717, 1.165) is 19.3 Å². The SMILES string of the molecule is C/C(=N\NC(=O)/C(C#N)=C/N(C)C)c1ccc(S(=O)(=O)N2CCCCC2)cc1. The molecule has 1 aromatic rings. The third-order valence-electron chi connectivity index (χ3n) is 4.30. The average Bonchev–Trinajstić information content (AvgIpc) is 2.70. The van der Waals surface area contributed by atoms with Crippen molar-refractivity contribution >= 4 is 21.6 Å². The summed E-state index contributed by atoms with van der Waals surface area (Å²) in [6, 6.07) is 8.23. The van der Waals surface area contributed by atoms with Gasteiger partial charge in [-0.25, -0.2) is 13.8 Å². The van der Waals surface area contributed by atoms with Crippen LogP contribution in [0, 0.1) is 11.3 Å². The molecule has 0 unspecified atom stereocenters. The number of hydrogen-bond donors (Lipinski definition) is 1. The number of amides is 1. The first-order valence-electron chi connectivity index (χ1n) is 8.99. The minimum Gasteiger partial charge on any atom is -0.382 e. The fourth-order valence-corrected chi connectivity index (χ4v) is 4.30. The van der Waals surface area contributed by atoms with Crippen LogP contribution < -0.4 is 5.43 Å². The van der Waals surface area contributed by atoms with Gasteiger partial charge in [0.05, 0.1) is 10.6 Å². The van der Waals surface area contributed by atoms with Gasteiger partial charge in [-0.1, -0.05) is 18.6 Å². The summed E-state index contributed by atoms with van der Waals surface area (Å²) in [6.07, 6.45) is 4.23. The Morgan fingerprint density at radius 2 is 1.82 bits per heavy atom. The molecule has 1 fully saturated rings. The molecule has 0 atom stereocenters. The summed E-state index contributed by atoms with van der Waals surface area (Å²) in [5.41, 5.74) is 3.45. The zero-order valence-electron chi connectivity index (χ0n) is 16.3. The third-order valence-corrected chi connectivity index (χ3v) is 6.22. The Morgan fingerprint density at radius 3 is 2.36 bits per heavy atom. The van der Waals surface area contributed by atoms with E-state index in [4.69, 9.17) is 5.26 Å². The molecule has 1 aliphatic heterocycles. The number of carbonyl (C=O) groups excluding carboxylic acids is 1. The molecule has 9 heteroatoms. The highest BCUT2D eigenvalue weighted by Gasteiger charge is 2.25. The molecule has 1 aromatic carbocycles. The summed E-state index contributed by atoms with van der Waals surface area (Å²) in [6.45, 7) is 2.80. The van der Waals surface area contributed by atoms with E-state index < -0.39 is 15.9 Å². The van der Waals surface area contributed by atoms with Gasteiger partial charge in [0.15, 0.2) is 0 Å². The van der Waals surface area contributed by atoms with Crippen LogP contribution in [0.3, 0.4) is 0 Å². The maximum atomic E-state index is 12.7. The van der Waals surface area contributed by atoms with Crippen LogP contribution in [0.15, 0.2) is 46.0 Å². The summed E-state index contributed by atoms with van der Waals surface area (Å²) in [5, 5.41) is 13.0. The molecule has 8 nitrogen and oxygen atoms in total. The first kappa shape index (κ1) is 21.6. The number of nitrogens with zero attached hydrogens (tertiary/aromatic N) is 4. The molecule has 1 saturated heterocycles. The van der Waals surface area contributed by atoms with E-state index in [2.05, 4.69) is 10.5 Å². The minimum atomic E-state index is -3.48. The van der Waals surface area contributed by atoms with Crippen LogP contribution in [0.2, 0.25) is 0 Å². The maximum Gasteiger partial charge on any atom is 0.283 e. The van der Waals surface area contributed by atoms with E-state index in [0.29, 0.717) is 24.4 Å².